The first-order valence-corrected chi connectivity index (χ1v) is 11.0. The highest BCUT2D eigenvalue weighted by Crippen LogP contribution is 2.23. The van der Waals surface area contributed by atoms with E-state index in [1.165, 1.54) is 10.4 Å². The third-order valence-corrected chi connectivity index (χ3v) is 6.31. The molecular weight excluding hydrogens is 376 g/mol. The Bertz CT molecular complexity index is 919. The molecule has 3 aromatic rings. The summed E-state index contributed by atoms with van der Waals surface area (Å²) < 4.78 is 2.04. The monoisotopic (exact) mass is 402 g/mol. The van der Waals surface area contributed by atoms with Crippen molar-refractivity contribution < 1.29 is 4.79 Å². The molecule has 0 aromatic carbocycles. The molecule has 5 nitrogen and oxygen atoms in total. The van der Waals surface area contributed by atoms with Gasteiger partial charge in [-0.25, -0.2) is 4.98 Å². The Morgan fingerprint density at radius 2 is 2.15 bits per heavy atom. The molecule has 1 atom stereocenters. The summed E-state index contributed by atoms with van der Waals surface area (Å²) >= 11 is 3.35. The first-order chi connectivity index (χ1) is 13.0. The maximum Gasteiger partial charge on any atom is 0.244 e. The van der Waals surface area contributed by atoms with Gasteiger partial charge in [0.25, 0.3) is 0 Å². The summed E-state index contributed by atoms with van der Waals surface area (Å²) in [6, 6.07) is 2.34. The summed E-state index contributed by atoms with van der Waals surface area (Å²) in [5.74, 6) is -0.0799. The number of thiazole rings is 1. The van der Waals surface area contributed by atoms with Gasteiger partial charge in [-0.15, -0.1) is 11.3 Å². The van der Waals surface area contributed by atoms with E-state index in [0.29, 0.717) is 6.54 Å². The zero-order valence-corrected chi connectivity index (χ0v) is 17.9. The summed E-state index contributed by atoms with van der Waals surface area (Å²) in [6.45, 7) is 10.8. The number of hydrogen-bond acceptors (Lipinski definition) is 5. The number of carbonyl (C=O) groups is 1. The molecule has 27 heavy (non-hydrogen) atoms. The van der Waals surface area contributed by atoms with Crippen LogP contribution in [0, 0.1) is 13.8 Å². The Balaban J connectivity index is 1.68. The normalized spacial score (nSPS) is 13.1. The van der Waals surface area contributed by atoms with Crippen LogP contribution in [-0.4, -0.2) is 39.8 Å². The fourth-order valence-corrected chi connectivity index (χ4v) is 4.86. The van der Waals surface area contributed by atoms with Crippen LogP contribution in [0.15, 0.2) is 29.1 Å². The van der Waals surface area contributed by atoms with Crippen molar-refractivity contribution in [3.63, 3.8) is 0 Å². The fraction of sp³-hybridized carbons (Fsp3) is 0.400. The lowest BCUT2D eigenvalue weighted by Gasteiger charge is -2.29. The molecule has 0 spiro atoms. The second kappa shape index (κ2) is 8.82. The number of thiophene rings is 1. The predicted octanol–water partition coefficient (Wildman–Crippen LogP) is 4.29. The average Bonchev–Trinajstić information content (AvgIpc) is 3.34. The van der Waals surface area contributed by atoms with E-state index >= 15 is 0 Å². The Labute approximate surface area is 168 Å². The van der Waals surface area contributed by atoms with Crippen LogP contribution in [0.5, 0.6) is 0 Å². The molecule has 3 rings (SSSR count). The van der Waals surface area contributed by atoms with Crippen molar-refractivity contribution in [3.8, 4) is 0 Å². The van der Waals surface area contributed by atoms with E-state index in [1.54, 1.807) is 28.7 Å². The number of amides is 1. The van der Waals surface area contributed by atoms with Crippen LogP contribution in [0.1, 0.15) is 41.7 Å². The van der Waals surface area contributed by atoms with Crippen molar-refractivity contribution in [2.75, 3.05) is 19.6 Å². The standard InChI is InChI=1S/C20H26N4OS2/c1-5-23(6-2)18(16-9-10-26-13-16)11-21-19(25)8-7-17-15(4)22-20-24(17)12-14(3)27-20/h7-10,12-13,18H,5-6,11H2,1-4H3,(H,21,25)/b8-7+/t18-/m1/s1. The van der Waals surface area contributed by atoms with Gasteiger partial charge in [-0.1, -0.05) is 13.8 Å². The van der Waals surface area contributed by atoms with Gasteiger partial charge in [0.05, 0.1) is 17.4 Å². The molecule has 0 saturated carbocycles. The van der Waals surface area contributed by atoms with Crippen LogP contribution in [0.4, 0.5) is 0 Å². The van der Waals surface area contributed by atoms with Crippen LogP contribution in [-0.2, 0) is 4.79 Å². The highest BCUT2D eigenvalue weighted by molar-refractivity contribution is 7.17. The van der Waals surface area contributed by atoms with E-state index in [9.17, 15) is 4.79 Å². The number of likely N-dealkylation sites (N-methyl/N-ethyl adjacent to an activating group) is 1. The van der Waals surface area contributed by atoms with Crippen molar-refractivity contribution in [3.05, 3.63) is 50.9 Å². The summed E-state index contributed by atoms with van der Waals surface area (Å²) in [5.41, 5.74) is 3.15. The van der Waals surface area contributed by atoms with Crippen molar-refractivity contribution in [1.29, 1.82) is 0 Å². The van der Waals surface area contributed by atoms with Crippen molar-refractivity contribution in [1.82, 2.24) is 19.6 Å². The number of imidazole rings is 1. The minimum atomic E-state index is -0.0799. The Morgan fingerprint density at radius 1 is 1.37 bits per heavy atom. The lowest BCUT2D eigenvalue weighted by atomic mass is 10.1. The largest absolute Gasteiger partial charge is 0.351 e. The molecule has 0 fully saturated rings. The lowest BCUT2D eigenvalue weighted by Crippen LogP contribution is -2.37. The molecule has 7 heteroatoms. The van der Waals surface area contributed by atoms with Gasteiger partial charge < -0.3 is 5.32 Å². The van der Waals surface area contributed by atoms with Gasteiger partial charge in [-0.2, -0.15) is 11.3 Å². The van der Waals surface area contributed by atoms with E-state index in [4.69, 9.17) is 0 Å². The van der Waals surface area contributed by atoms with Crippen LogP contribution >= 0.6 is 22.7 Å². The minimum absolute atomic E-state index is 0.0799. The topological polar surface area (TPSA) is 49.6 Å². The smallest absolute Gasteiger partial charge is 0.244 e. The predicted molar refractivity (Wildman–Crippen MR) is 115 cm³/mol. The molecule has 3 aromatic heterocycles. The van der Waals surface area contributed by atoms with Crippen LogP contribution in [0.2, 0.25) is 0 Å². The number of fused-ring (bicyclic) bond motifs is 1. The maximum atomic E-state index is 12.4. The fourth-order valence-electron chi connectivity index (χ4n) is 3.28. The van der Waals surface area contributed by atoms with Gasteiger partial charge in [0.1, 0.15) is 0 Å². The molecule has 0 aliphatic rings. The van der Waals surface area contributed by atoms with Gasteiger partial charge in [-0.05, 0) is 55.4 Å². The molecule has 0 bridgehead atoms. The van der Waals surface area contributed by atoms with Gasteiger partial charge >= 0.3 is 0 Å². The maximum absolute atomic E-state index is 12.4. The molecule has 0 aliphatic carbocycles. The van der Waals surface area contributed by atoms with E-state index in [-0.39, 0.29) is 11.9 Å². The van der Waals surface area contributed by atoms with Gasteiger partial charge in [0.2, 0.25) is 5.91 Å². The van der Waals surface area contributed by atoms with Crippen molar-refractivity contribution in [2.24, 2.45) is 0 Å². The Kier molecular flexibility index (Phi) is 6.46. The summed E-state index contributed by atoms with van der Waals surface area (Å²) in [4.78, 5) is 21.5. The molecule has 1 amide bonds. The third-order valence-electron chi connectivity index (χ3n) is 4.71. The van der Waals surface area contributed by atoms with E-state index in [2.05, 4.69) is 59.0 Å². The first kappa shape index (κ1) is 19.8. The summed E-state index contributed by atoms with van der Waals surface area (Å²) in [5, 5.41) is 7.32. The van der Waals surface area contributed by atoms with E-state index in [0.717, 1.165) is 29.4 Å². The van der Waals surface area contributed by atoms with Crippen LogP contribution in [0.3, 0.4) is 0 Å². The second-order valence-electron chi connectivity index (χ2n) is 6.45. The number of carbonyl (C=O) groups excluding carboxylic acids is 1. The second-order valence-corrected chi connectivity index (χ2v) is 8.44. The number of nitrogens with one attached hydrogen (secondary N) is 1. The van der Waals surface area contributed by atoms with E-state index < -0.39 is 0 Å². The highest BCUT2D eigenvalue weighted by Gasteiger charge is 2.18. The van der Waals surface area contributed by atoms with Crippen molar-refractivity contribution in [2.45, 2.75) is 33.7 Å². The number of rotatable bonds is 8. The van der Waals surface area contributed by atoms with Crippen LogP contribution < -0.4 is 5.32 Å². The molecule has 144 valence electrons. The van der Waals surface area contributed by atoms with Gasteiger partial charge in [0, 0.05) is 23.7 Å². The quantitative estimate of drug-likeness (QED) is 0.572. The summed E-state index contributed by atoms with van der Waals surface area (Å²) in [6.07, 6.45) is 5.52. The molecule has 0 unspecified atom stereocenters. The zero-order valence-electron chi connectivity index (χ0n) is 16.2. The first-order valence-electron chi connectivity index (χ1n) is 9.20. The van der Waals surface area contributed by atoms with Gasteiger partial charge in [-0.3, -0.25) is 14.1 Å². The molecule has 1 N–H and O–H groups in total. The lowest BCUT2D eigenvalue weighted by molar-refractivity contribution is -0.116. The zero-order chi connectivity index (χ0) is 19.4. The molecule has 0 aliphatic heterocycles. The Morgan fingerprint density at radius 3 is 2.81 bits per heavy atom. The molecule has 3 heterocycles. The van der Waals surface area contributed by atoms with Gasteiger partial charge in [0.15, 0.2) is 4.96 Å². The van der Waals surface area contributed by atoms with E-state index in [1.807, 2.05) is 17.4 Å². The number of aryl methyl sites for hydroxylation is 2. The number of hydrogen-bond donors (Lipinski definition) is 1. The summed E-state index contributed by atoms with van der Waals surface area (Å²) in [7, 11) is 0. The molecule has 0 radical (unpaired) electrons. The number of aromatic nitrogens is 2. The highest BCUT2D eigenvalue weighted by atomic mass is 32.1. The molecule has 0 saturated heterocycles. The Hall–Kier alpha value is -1.96. The van der Waals surface area contributed by atoms with Crippen LogP contribution in [0.25, 0.3) is 11.0 Å². The minimum Gasteiger partial charge on any atom is -0.351 e. The van der Waals surface area contributed by atoms with Crippen molar-refractivity contribution >= 4 is 39.6 Å². The SMILES string of the molecule is CCN(CC)[C@H](CNC(=O)/C=C/c1c(C)nc2sc(C)cn12)c1ccsc1. The third kappa shape index (κ3) is 4.48. The average molecular weight is 403 g/mol. The number of nitrogens with zero attached hydrogens (tertiary/aromatic N) is 3. The molecular formula is C20H26N4OS2.